The van der Waals surface area contributed by atoms with Crippen LogP contribution in [-0.2, 0) is 20.7 Å². The van der Waals surface area contributed by atoms with Crippen LogP contribution in [0.25, 0.3) is 10.8 Å². The molecule has 3 rings (SSSR count). The van der Waals surface area contributed by atoms with Gasteiger partial charge in [0.1, 0.15) is 0 Å². The van der Waals surface area contributed by atoms with Crippen molar-refractivity contribution in [2.24, 2.45) is 0 Å². The van der Waals surface area contributed by atoms with Gasteiger partial charge in [-0.3, -0.25) is 9.59 Å². The Hall–Kier alpha value is -3.35. The summed E-state index contributed by atoms with van der Waals surface area (Å²) < 4.78 is 5.40. The summed E-state index contributed by atoms with van der Waals surface area (Å²) >= 11 is 0. The molecular formula is C22H25N3O4. The van der Waals surface area contributed by atoms with Crippen LogP contribution in [0.4, 0.5) is 4.79 Å². The van der Waals surface area contributed by atoms with E-state index in [1.54, 1.807) is 9.80 Å². The molecule has 1 aliphatic rings. The monoisotopic (exact) mass is 395 g/mol. The second-order valence-corrected chi connectivity index (χ2v) is 6.84. The number of carbonyl (C=O) groups excluding carboxylic acids is 3. The first-order valence-electron chi connectivity index (χ1n) is 9.64. The second-order valence-electron chi connectivity index (χ2n) is 6.84. The van der Waals surface area contributed by atoms with E-state index in [0.717, 1.165) is 11.6 Å². The quantitative estimate of drug-likeness (QED) is 0.759. The first kappa shape index (κ1) is 20.4. The number of piperazine rings is 1. The zero-order valence-electron chi connectivity index (χ0n) is 16.3. The minimum absolute atomic E-state index is 0.0684. The largest absolute Gasteiger partial charge is 0.449 e. The van der Waals surface area contributed by atoms with Crippen LogP contribution in [0.3, 0.4) is 0 Å². The summed E-state index contributed by atoms with van der Waals surface area (Å²) in [5.41, 5.74) is 1.12. The van der Waals surface area contributed by atoms with Crippen LogP contribution in [0.5, 0.6) is 0 Å². The van der Waals surface area contributed by atoms with Crippen LogP contribution in [0.1, 0.15) is 5.56 Å². The molecule has 1 saturated heterocycles. The van der Waals surface area contributed by atoms with E-state index < -0.39 is 0 Å². The van der Waals surface area contributed by atoms with E-state index in [1.165, 1.54) is 10.8 Å². The molecule has 7 heteroatoms. The smallest absolute Gasteiger partial charge is 0.409 e. The summed E-state index contributed by atoms with van der Waals surface area (Å²) in [7, 11) is 0. The van der Waals surface area contributed by atoms with Gasteiger partial charge in [0, 0.05) is 32.6 Å². The Kier molecular flexibility index (Phi) is 6.84. The van der Waals surface area contributed by atoms with Gasteiger partial charge in [0.25, 0.3) is 0 Å². The van der Waals surface area contributed by atoms with Crippen molar-refractivity contribution in [1.29, 1.82) is 0 Å². The number of nitrogens with one attached hydrogen (secondary N) is 1. The molecule has 152 valence electrons. The topological polar surface area (TPSA) is 79.0 Å². The van der Waals surface area contributed by atoms with Gasteiger partial charge in [-0.25, -0.2) is 4.79 Å². The molecule has 0 atom stereocenters. The van der Waals surface area contributed by atoms with E-state index >= 15 is 0 Å². The average molecular weight is 395 g/mol. The molecule has 0 aromatic heterocycles. The van der Waals surface area contributed by atoms with Crippen LogP contribution in [-0.4, -0.2) is 67.0 Å². The number of hydrogen-bond acceptors (Lipinski definition) is 4. The summed E-state index contributed by atoms with van der Waals surface area (Å²) in [5.74, 6) is -0.559. The molecule has 1 fully saturated rings. The molecule has 2 aromatic carbocycles. The number of fused-ring (bicyclic) bond motifs is 1. The molecule has 7 nitrogen and oxygen atoms in total. The average Bonchev–Trinajstić information content (AvgIpc) is 2.77. The highest BCUT2D eigenvalue weighted by Crippen LogP contribution is 2.16. The maximum Gasteiger partial charge on any atom is 0.409 e. The number of carbonyl (C=O) groups is 3. The van der Waals surface area contributed by atoms with Gasteiger partial charge >= 0.3 is 6.09 Å². The van der Waals surface area contributed by atoms with Crippen LogP contribution < -0.4 is 5.32 Å². The number of nitrogens with zero attached hydrogens (tertiary/aromatic N) is 2. The predicted molar refractivity (Wildman–Crippen MR) is 110 cm³/mol. The molecule has 1 heterocycles. The van der Waals surface area contributed by atoms with Crippen molar-refractivity contribution >= 4 is 28.7 Å². The standard InChI is InChI=1S/C22H25N3O4/c1-2-20(26)23-16-21(27)24-10-12-25(13-11-24)22(28)29-14-9-17-7-8-18-5-3-4-6-19(18)15-17/h2-8,15H,1,9-14,16H2,(H,23,26). The molecule has 0 aliphatic carbocycles. The third kappa shape index (κ3) is 5.57. The Morgan fingerprint density at radius 3 is 2.41 bits per heavy atom. The predicted octanol–water partition coefficient (Wildman–Crippen LogP) is 1.97. The molecule has 3 amide bonds. The van der Waals surface area contributed by atoms with Gasteiger partial charge in [0.05, 0.1) is 13.2 Å². The summed E-state index contributed by atoms with van der Waals surface area (Å²) in [6.07, 6.45) is 1.41. The molecule has 29 heavy (non-hydrogen) atoms. The van der Waals surface area contributed by atoms with Gasteiger partial charge in [0.2, 0.25) is 11.8 Å². The van der Waals surface area contributed by atoms with E-state index in [0.29, 0.717) is 39.2 Å². The fourth-order valence-electron chi connectivity index (χ4n) is 3.23. The first-order valence-corrected chi connectivity index (χ1v) is 9.64. The van der Waals surface area contributed by atoms with Crippen molar-refractivity contribution in [3.63, 3.8) is 0 Å². The molecule has 2 aromatic rings. The normalized spacial score (nSPS) is 13.8. The van der Waals surface area contributed by atoms with Gasteiger partial charge in [-0.15, -0.1) is 0 Å². The number of rotatable bonds is 6. The van der Waals surface area contributed by atoms with E-state index in [9.17, 15) is 14.4 Å². The van der Waals surface area contributed by atoms with E-state index in [4.69, 9.17) is 4.74 Å². The lowest BCUT2D eigenvalue weighted by Crippen LogP contribution is -2.52. The van der Waals surface area contributed by atoms with Crippen LogP contribution in [0.15, 0.2) is 55.1 Å². The van der Waals surface area contributed by atoms with Gasteiger partial charge in [-0.2, -0.15) is 0 Å². The van der Waals surface area contributed by atoms with E-state index in [1.807, 2.05) is 18.2 Å². The lowest BCUT2D eigenvalue weighted by atomic mass is 10.1. The highest BCUT2D eigenvalue weighted by Gasteiger charge is 2.24. The van der Waals surface area contributed by atoms with E-state index in [-0.39, 0.29) is 24.5 Å². The number of benzene rings is 2. The van der Waals surface area contributed by atoms with Crippen molar-refractivity contribution in [1.82, 2.24) is 15.1 Å². The minimum Gasteiger partial charge on any atom is -0.449 e. The fourth-order valence-corrected chi connectivity index (χ4v) is 3.23. The Bertz CT molecular complexity index is 904. The van der Waals surface area contributed by atoms with Crippen molar-refractivity contribution < 1.29 is 19.1 Å². The van der Waals surface area contributed by atoms with Crippen LogP contribution in [0.2, 0.25) is 0 Å². The molecule has 0 spiro atoms. The Labute approximate surface area is 169 Å². The van der Waals surface area contributed by atoms with Gasteiger partial charge < -0.3 is 19.9 Å². The number of ether oxygens (including phenoxy) is 1. The third-order valence-corrected chi connectivity index (χ3v) is 4.92. The van der Waals surface area contributed by atoms with Crippen molar-refractivity contribution in [2.45, 2.75) is 6.42 Å². The molecule has 0 bridgehead atoms. The summed E-state index contributed by atoms with van der Waals surface area (Å²) in [6.45, 7) is 5.25. The molecular weight excluding hydrogens is 370 g/mol. The van der Waals surface area contributed by atoms with Gasteiger partial charge in [0.15, 0.2) is 0 Å². The Morgan fingerprint density at radius 1 is 1.00 bits per heavy atom. The highest BCUT2D eigenvalue weighted by molar-refractivity contribution is 5.90. The van der Waals surface area contributed by atoms with Crippen molar-refractivity contribution in [3.8, 4) is 0 Å². The molecule has 0 saturated carbocycles. The molecule has 0 unspecified atom stereocenters. The summed E-state index contributed by atoms with van der Waals surface area (Å²) in [5, 5.41) is 4.82. The highest BCUT2D eigenvalue weighted by atomic mass is 16.6. The summed E-state index contributed by atoms with van der Waals surface area (Å²) in [4.78, 5) is 38.7. The second kappa shape index (κ2) is 9.73. The lowest BCUT2D eigenvalue weighted by molar-refractivity contribution is -0.133. The third-order valence-electron chi connectivity index (χ3n) is 4.92. The zero-order chi connectivity index (χ0) is 20.6. The van der Waals surface area contributed by atoms with Crippen molar-refractivity contribution in [2.75, 3.05) is 39.3 Å². The van der Waals surface area contributed by atoms with Crippen LogP contribution >= 0.6 is 0 Å². The maximum absolute atomic E-state index is 12.3. The number of hydrogen-bond donors (Lipinski definition) is 1. The SMILES string of the molecule is C=CC(=O)NCC(=O)N1CCN(C(=O)OCCc2ccc3ccccc3c2)CC1. The lowest BCUT2D eigenvalue weighted by Gasteiger charge is -2.34. The summed E-state index contributed by atoms with van der Waals surface area (Å²) in [6, 6.07) is 14.4. The first-order chi connectivity index (χ1) is 14.1. The fraction of sp³-hybridized carbons (Fsp3) is 0.318. The molecule has 1 N–H and O–H groups in total. The molecule has 1 aliphatic heterocycles. The Balaban J connectivity index is 1.39. The minimum atomic E-state index is -0.382. The van der Waals surface area contributed by atoms with Gasteiger partial charge in [-0.1, -0.05) is 49.0 Å². The zero-order valence-corrected chi connectivity index (χ0v) is 16.3. The Morgan fingerprint density at radius 2 is 1.69 bits per heavy atom. The maximum atomic E-state index is 12.3. The number of amides is 3. The van der Waals surface area contributed by atoms with Gasteiger partial charge in [-0.05, 0) is 22.4 Å². The van der Waals surface area contributed by atoms with Crippen molar-refractivity contribution in [3.05, 3.63) is 60.7 Å². The van der Waals surface area contributed by atoms with E-state index in [2.05, 4.69) is 36.2 Å². The molecule has 0 radical (unpaired) electrons. The van der Waals surface area contributed by atoms with Crippen LogP contribution in [0, 0.1) is 0 Å².